The predicted octanol–water partition coefficient (Wildman–Crippen LogP) is 3.02. The van der Waals surface area contributed by atoms with Gasteiger partial charge in [0.2, 0.25) is 12.2 Å². The molecular formula is C27H27FN4O7. The van der Waals surface area contributed by atoms with Crippen LogP contribution in [0.1, 0.15) is 41.2 Å². The molecule has 3 N–H and O–H groups in total. The van der Waals surface area contributed by atoms with E-state index < -0.39 is 28.8 Å². The molecule has 0 amide bonds. The number of piperidine rings is 1. The molecule has 1 aliphatic carbocycles. The summed E-state index contributed by atoms with van der Waals surface area (Å²) in [7, 11) is 1.41. The van der Waals surface area contributed by atoms with E-state index in [9.17, 15) is 14.7 Å². The Labute approximate surface area is 222 Å². The molecule has 11 nitrogen and oxygen atoms in total. The highest BCUT2D eigenvalue weighted by Crippen LogP contribution is 2.44. The first kappa shape index (κ1) is 25.0. The van der Waals surface area contributed by atoms with Crippen molar-refractivity contribution in [3.05, 3.63) is 57.6 Å². The van der Waals surface area contributed by atoms with E-state index in [-0.39, 0.29) is 42.8 Å². The SMILES string of the molecule is COc1c(N2CC/C(=N/OCc3ccc4c(c3)OCO4)C(N)C2)c(F)cc2c(=O)c(C(=O)O)cn(C3CC3)c12. The number of oxime groups is 1. The number of carbonyl (C=O) groups is 1. The number of methoxy groups -OCH3 is 1. The van der Waals surface area contributed by atoms with E-state index in [0.29, 0.717) is 35.7 Å². The number of halogens is 1. The molecule has 1 saturated heterocycles. The second kappa shape index (κ2) is 9.77. The first-order valence-corrected chi connectivity index (χ1v) is 12.6. The summed E-state index contributed by atoms with van der Waals surface area (Å²) in [6, 6.07) is 6.10. The fourth-order valence-corrected chi connectivity index (χ4v) is 5.13. The zero-order chi connectivity index (χ0) is 27.3. The topological polar surface area (TPSA) is 138 Å². The minimum atomic E-state index is -1.35. The van der Waals surface area contributed by atoms with E-state index >= 15 is 4.39 Å². The van der Waals surface area contributed by atoms with Gasteiger partial charge in [-0.25, -0.2) is 9.18 Å². The monoisotopic (exact) mass is 538 g/mol. The van der Waals surface area contributed by atoms with E-state index in [4.69, 9.17) is 24.8 Å². The Morgan fingerprint density at radius 1 is 1.26 bits per heavy atom. The third-order valence-electron chi connectivity index (χ3n) is 7.22. The number of aromatic carboxylic acids is 1. The lowest BCUT2D eigenvalue weighted by atomic mass is 10.0. The average Bonchev–Trinajstić information content (AvgIpc) is 3.65. The number of nitrogens with zero attached hydrogens (tertiary/aromatic N) is 3. The second-order valence-electron chi connectivity index (χ2n) is 9.80. The molecule has 6 rings (SSSR count). The summed E-state index contributed by atoms with van der Waals surface area (Å²) in [6.07, 6.45) is 3.41. The maximum absolute atomic E-state index is 15.6. The number of pyridine rings is 1. The van der Waals surface area contributed by atoms with Crippen LogP contribution < -0.4 is 30.3 Å². The molecule has 3 aliphatic rings. The standard InChI is InChI=1S/C27H27FN4O7/c1-36-26-23-16(25(33)17(27(34)35)10-32(23)15-3-4-15)9-18(28)24(26)31-7-6-20(19(29)11-31)30-39-12-14-2-5-21-22(8-14)38-13-37-21/h2,5,8-10,15,19H,3-4,6-7,11-13,29H2,1H3,(H,34,35)/b30-20-. The van der Waals surface area contributed by atoms with Gasteiger partial charge in [0.1, 0.15) is 17.9 Å². The normalized spacial score (nSPS) is 19.5. The number of hydrogen-bond donors (Lipinski definition) is 2. The van der Waals surface area contributed by atoms with Gasteiger partial charge in [0.15, 0.2) is 23.1 Å². The second-order valence-corrected chi connectivity index (χ2v) is 9.80. The number of benzene rings is 2. The number of fused-ring (bicyclic) bond motifs is 2. The number of rotatable bonds is 7. The Hall–Kier alpha value is -4.32. The van der Waals surface area contributed by atoms with Crippen LogP contribution in [0.3, 0.4) is 0 Å². The Bertz CT molecular complexity index is 1570. The summed E-state index contributed by atoms with van der Waals surface area (Å²) in [5, 5.41) is 13.7. The van der Waals surface area contributed by atoms with Crippen LogP contribution >= 0.6 is 0 Å². The van der Waals surface area contributed by atoms with Crippen molar-refractivity contribution in [2.24, 2.45) is 10.9 Å². The largest absolute Gasteiger partial charge is 0.492 e. The molecule has 2 aromatic carbocycles. The summed E-state index contributed by atoms with van der Waals surface area (Å²) in [4.78, 5) is 31.9. The predicted molar refractivity (Wildman–Crippen MR) is 140 cm³/mol. The third kappa shape index (κ3) is 4.50. The highest BCUT2D eigenvalue weighted by molar-refractivity contribution is 5.98. The van der Waals surface area contributed by atoms with Gasteiger partial charge < -0.3 is 39.4 Å². The van der Waals surface area contributed by atoms with Crippen LogP contribution in [0.15, 0.2) is 40.4 Å². The van der Waals surface area contributed by atoms with Crippen molar-refractivity contribution in [2.75, 3.05) is 31.9 Å². The van der Waals surface area contributed by atoms with Gasteiger partial charge >= 0.3 is 5.97 Å². The molecule has 1 unspecified atom stereocenters. The maximum Gasteiger partial charge on any atom is 0.341 e. The summed E-state index contributed by atoms with van der Waals surface area (Å²) in [6.45, 7) is 1.05. The van der Waals surface area contributed by atoms with E-state index in [1.54, 1.807) is 9.47 Å². The van der Waals surface area contributed by atoms with Crippen LogP contribution in [0.5, 0.6) is 17.2 Å². The summed E-state index contributed by atoms with van der Waals surface area (Å²) >= 11 is 0. The number of carboxylic acids is 1. The first-order chi connectivity index (χ1) is 18.9. The molecule has 1 aromatic heterocycles. The zero-order valence-electron chi connectivity index (χ0n) is 21.2. The molecule has 1 saturated carbocycles. The van der Waals surface area contributed by atoms with Crippen molar-refractivity contribution in [2.45, 2.75) is 38.0 Å². The van der Waals surface area contributed by atoms with Crippen LogP contribution in [0.4, 0.5) is 10.1 Å². The van der Waals surface area contributed by atoms with Gasteiger partial charge in [-0.2, -0.15) is 0 Å². The van der Waals surface area contributed by atoms with E-state index in [1.165, 1.54) is 13.3 Å². The van der Waals surface area contributed by atoms with Gasteiger partial charge in [0, 0.05) is 31.7 Å². The lowest BCUT2D eigenvalue weighted by Crippen LogP contribution is -2.49. The average molecular weight is 539 g/mol. The lowest BCUT2D eigenvalue weighted by molar-refractivity contribution is 0.0694. The third-order valence-corrected chi connectivity index (χ3v) is 7.22. The van der Waals surface area contributed by atoms with Crippen LogP contribution in [0.25, 0.3) is 10.9 Å². The molecule has 1 atom stereocenters. The fourth-order valence-electron chi connectivity index (χ4n) is 5.13. The first-order valence-electron chi connectivity index (χ1n) is 12.6. The molecule has 3 aromatic rings. The van der Waals surface area contributed by atoms with Gasteiger partial charge in [-0.15, -0.1) is 0 Å². The molecule has 3 heterocycles. The van der Waals surface area contributed by atoms with Gasteiger partial charge in [0.25, 0.3) is 0 Å². The van der Waals surface area contributed by atoms with Gasteiger partial charge in [-0.3, -0.25) is 4.79 Å². The Balaban J connectivity index is 1.26. The van der Waals surface area contributed by atoms with Gasteiger partial charge in [-0.1, -0.05) is 11.2 Å². The summed E-state index contributed by atoms with van der Waals surface area (Å²) in [5.74, 6) is -0.515. The van der Waals surface area contributed by atoms with Crippen LogP contribution in [-0.4, -0.2) is 54.4 Å². The number of ether oxygens (including phenoxy) is 3. The molecule has 0 radical (unpaired) electrons. The zero-order valence-corrected chi connectivity index (χ0v) is 21.2. The Morgan fingerprint density at radius 3 is 2.77 bits per heavy atom. The molecule has 39 heavy (non-hydrogen) atoms. The van der Waals surface area contributed by atoms with Crippen molar-refractivity contribution < 1.29 is 33.3 Å². The van der Waals surface area contributed by atoms with Crippen LogP contribution in [0.2, 0.25) is 0 Å². The Kier molecular flexibility index (Phi) is 6.26. The van der Waals surface area contributed by atoms with Crippen molar-refractivity contribution in [3.8, 4) is 17.2 Å². The van der Waals surface area contributed by atoms with Gasteiger partial charge in [-0.05, 0) is 36.6 Å². The van der Waals surface area contributed by atoms with Crippen LogP contribution in [-0.2, 0) is 11.4 Å². The van der Waals surface area contributed by atoms with Crippen molar-refractivity contribution in [1.82, 2.24) is 4.57 Å². The highest BCUT2D eigenvalue weighted by atomic mass is 19.1. The number of hydrogen-bond acceptors (Lipinski definition) is 9. The molecular weight excluding hydrogens is 511 g/mol. The van der Waals surface area contributed by atoms with Crippen molar-refractivity contribution >= 4 is 28.3 Å². The number of carboxylic acid groups (broad SMARTS) is 1. The smallest absolute Gasteiger partial charge is 0.341 e. The minimum Gasteiger partial charge on any atom is -0.492 e. The van der Waals surface area contributed by atoms with Crippen LogP contribution in [0, 0.1) is 5.82 Å². The molecule has 204 valence electrons. The molecule has 2 aliphatic heterocycles. The van der Waals surface area contributed by atoms with Gasteiger partial charge in [0.05, 0.1) is 29.8 Å². The van der Waals surface area contributed by atoms with E-state index in [0.717, 1.165) is 24.5 Å². The quantitative estimate of drug-likeness (QED) is 0.435. The van der Waals surface area contributed by atoms with Crippen molar-refractivity contribution in [1.29, 1.82) is 0 Å². The van der Waals surface area contributed by atoms with Crippen molar-refractivity contribution in [3.63, 3.8) is 0 Å². The maximum atomic E-state index is 15.6. The summed E-state index contributed by atoms with van der Waals surface area (Å²) in [5.41, 5.74) is 7.33. The number of aromatic nitrogens is 1. The van der Waals surface area contributed by atoms with E-state index in [1.807, 2.05) is 18.2 Å². The fraction of sp³-hybridized carbons (Fsp3) is 0.370. The highest BCUT2D eigenvalue weighted by Gasteiger charge is 2.33. The van der Waals surface area contributed by atoms with E-state index in [2.05, 4.69) is 5.16 Å². The number of anilines is 1. The lowest BCUT2D eigenvalue weighted by Gasteiger charge is -2.34. The molecule has 12 heteroatoms. The summed E-state index contributed by atoms with van der Waals surface area (Å²) < 4.78 is 33.7. The number of nitrogens with two attached hydrogens (primary N) is 1. The molecule has 0 spiro atoms. The molecule has 0 bridgehead atoms. The minimum absolute atomic E-state index is 0.0164. The molecule has 2 fully saturated rings. The Morgan fingerprint density at radius 2 is 2.05 bits per heavy atom.